The highest BCUT2D eigenvalue weighted by Gasteiger charge is 2.24. The molecule has 0 fully saturated rings. The average Bonchev–Trinajstić information content (AvgIpc) is 2.15. The number of hydrogen-bond acceptors (Lipinski definition) is 3. The lowest BCUT2D eigenvalue weighted by molar-refractivity contribution is 0.161. The molecule has 0 aliphatic rings. The molecule has 1 rings (SSSR count). The van der Waals surface area contributed by atoms with Crippen LogP contribution in [0, 0.1) is 0 Å². The maximum atomic E-state index is 11.5. The van der Waals surface area contributed by atoms with Crippen LogP contribution in [0.25, 0.3) is 0 Å². The van der Waals surface area contributed by atoms with Crippen molar-refractivity contribution in [3.05, 3.63) is 29.8 Å². The van der Waals surface area contributed by atoms with E-state index in [1.54, 1.807) is 26.0 Å². The Hall–Kier alpha value is -0.830. The van der Waals surface area contributed by atoms with E-state index in [0.29, 0.717) is 11.7 Å². The van der Waals surface area contributed by atoms with E-state index >= 15 is 0 Å². The molecule has 0 spiro atoms. The highest BCUT2D eigenvalue weighted by Crippen LogP contribution is 2.44. The summed E-state index contributed by atoms with van der Waals surface area (Å²) in [6, 6.07) is 7.08. The van der Waals surface area contributed by atoms with Crippen molar-refractivity contribution < 1.29 is 18.5 Å². The third kappa shape index (κ3) is 4.90. The Morgan fingerprint density at radius 1 is 1.12 bits per heavy atom. The maximum Gasteiger partial charge on any atom is 0.527 e. The van der Waals surface area contributed by atoms with E-state index < -0.39 is 7.82 Å². The highest BCUT2D eigenvalue weighted by molar-refractivity contribution is 7.47. The fraction of sp³-hybridized carbons (Fsp3) is 0.500. The predicted octanol–water partition coefficient (Wildman–Crippen LogP) is 3.71. The van der Waals surface area contributed by atoms with Crippen LogP contribution < -0.4 is 4.52 Å². The van der Waals surface area contributed by atoms with Gasteiger partial charge in [-0.3, -0.25) is 9.42 Å². The van der Waals surface area contributed by atoms with Crippen molar-refractivity contribution in [3.8, 4) is 5.75 Å². The second-order valence-corrected chi connectivity index (χ2v) is 5.77. The molecule has 0 saturated carbocycles. The molecule has 96 valence electrons. The molecule has 0 heterocycles. The molecule has 1 aromatic rings. The zero-order valence-electron chi connectivity index (χ0n) is 10.6. The molecule has 0 amide bonds. The second-order valence-electron chi connectivity index (χ2n) is 4.44. The van der Waals surface area contributed by atoms with Crippen LogP contribution in [0.4, 0.5) is 0 Å². The Bertz CT molecular complexity index is 397. The fourth-order valence-corrected chi connectivity index (χ4v) is 2.30. The lowest BCUT2D eigenvalue weighted by Crippen LogP contribution is -2.04. The van der Waals surface area contributed by atoms with Crippen molar-refractivity contribution in [2.75, 3.05) is 0 Å². The van der Waals surface area contributed by atoms with E-state index in [-0.39, 0.29) is 6.10 Å². The van der Waals surface area contributed by atoms with Crippen LogP contribution >= 0.6 is 7.82 Å². The summed E-state index contributed by atoms with van der Waals surface area (Å²) in [5, 5.41) is 0. The number of phosphoric acid groups is 1. The predicted molar refractivity (Wildman–Crippen MR) is 67.2 cm³/mol. The van der Waals surface area contributed by atoms with Gasteiger partial charge in [-0.1, -0.05) is 26.0 Å². The molecule has 0 aromatic heterocycles. The Kier molecular flexibility index (Phi) is 4.75. The first-order chi connectivity index (χ1) is 7.80. The molecule has 1 atom stereocenters. The standard InChI is InChI=1S/C12H19O4P/c1-9(2)11-5-7-12(8-6-11)16-17(13,14)15-10(3)4/h5-10H,1-4H3,(H,13,14). The van der Waals surface area contributed by atoms with E-state index in [2.05, 4.69) is 13.8 Å². The lowest BCUT2D eigenvalue weighted by atomic mass is 10.0. The minimum Gasteiger partial charge on any atom is -0.404 e. The number of benzene rings is 1. The molecule has 1 N–H and O–H groups in total. The molecule has 0 bridgehead atoms. The molecule has 0 aliphatic carbocycles. The van der Waals surface area contributed by atoms with Crippen LogP contribution in [0.3, 0.4) is 0 Å². The Balaban J connectivity index is 2.72. The summed E-state index contributed by atoms with van der Waals surface area (Å²) in [6.07, 6.45) is -0.360. The first-order valence-electron chi connectivity index (χ1n) is 5.61. The topological polar surface area (TPSA) is 55.8 Å². The first-order valence-corrected chi connectivity index (χ1v) is 7.10. The second kappa shape index (κ2) is 5.67. The SMILES string of the molecule is CC(C)OP(=O)(O)Oc1ccc(C(C)C)cc1. The van der Waals surface area contributed by atoms with Crippen molar-refractivity contribution in [1.82, 2.24) is 0 Å². The highest BCUT2D eigenvalue weighted by atomic mass is 31.2. The fourth-order valence-electron chi connectivity index (χ4n) is 1.33. The van der Waals surface area contributed by atoms with Crippen molar-refractivity contribution in [3.63, 3.8) is 0 Å². The minimum absolute atomic E-state index is 0.334. The third-order valence-electron chi connectivity index (χ3n) is 2.11. The number of rotatable bonds is 5. The van der Waals surface area contributed by atoms with Crippen molar-refractivity contribution >= 4 is 7.82 Å². The molecule has 5 heteroatoms. The van der Waals surface area contributed by atoms with Crippen LogP contribution in [-0.4, -0.2) is 11.0 Å². The summed E-state index contributed by atoms with van der Waals surface area (Å²) >= 11 is 0. The molecule has 17 heavy (non-hydrogen) atoms. The minimum atomic E-state index is -4.01. The van der Waals surface area contributed by atoms with Gasteiger partial charge in [0.1, 0.15) is 5.75 Å². The van der Waals surface area contributed by atoms with Gasteiger partial charge in [-0.2, -0.15) is 0 Å². The average molecular weight is 258 g/mol. The van der Waals surface area contributed by atoms with Gasteiger partial charge in [0.2, 0.25) is 0 Å². The third-order valence-corrected chi connectivity index (χ3v) is 3.24. The normalized spacial score (nSPS) is 15.0. The summed E-state index contributed by atoms with van der Waals surface area (Å²) in [6.45, 7) is 7.51. The zero-order chi connectivity index (χ0) is 13.1. The van der Waals surface area contributed by atoms with E-state index in [9.17, 15) is 9.46 Å². The zero-order valence-corrected chi connectivity index (χ0v) is 11.5. The van der Waals surface area contributed by atoms with Gasteiger partial charge in [0, 0.05) is 0 Å². The van der Waals surface area contributed by atoms with E-state index in [4.69, 9.17) is 9.05 Å². The van der Waals surface area contributed by atoms with Crippen LogP contribution in [0.2, 0.25) is 0 Å². The molecule has 0 saturated heterocycles. The Labute approximate surface area is 102 Å². The summed E-state index contributed by atoms with van der Waals surface area (Å²) in [4.78, 5) is 9.43. The van der Waals surface area contributed by atoms with Gasteiger partial charge in [-0.25, -0.2) is 4.57 Å². The summed E-state index contributed by atoms with van der Waals surface area (Å²) in [5.74, 6) is 0.748. The Morgan fingerprint density at radius 2 is 1.65 bits per heavy atom. The van der Waals surface area contributed by atoms with Crippen LogP contribution in [0.5, 0.6) is 5.75 Å². The van der Waals surface area contributed by atoms with Gasteiger partial charge in [-0.05, 0) is 37.5 Å². The molecule has 1 unspecified atom stereocenters. The molecule has 0 aliphatic heterocycles. The van der Waals surface area contributed by atoms with Gasteiger partial charge >= 0.3 is 7.82 Å². The van der Waals surface area contributed by atoms with Gasteiger partial charge in [0.05, 0.1) is 6.10 Å². The number of phosphoric ester groups is 1. The molecular formula is C12H19O4P. The van der Waals surface area contributed by atoms with Crippen LogP contribution in [0.15, 0.2) is 24.3 Å². The van der Waals surface area contributed by atoms with Gasteiger partial charge in [-0.15, -0.1) is 0 Å². The Morgan fingerprint density at radius 3 is 2.06 bits per heavy atom. The van der Waals surface area contributed by atoms with E-state index in [0.717, 1.165) is 5.56 Å². The maximum absolute atomic E-state index is 11.5. The molecule has 1 aromatic carbocycles. The van der Waals surface area contributed by atoms with Crippen LogP contribution in [0.1, 0.15) is 39.2 Å². The van der Waals surface area contributed by atoms with Gasteiger partial charge < -0.3 is 4.52 Å². The van der Waals surface area contributed by atoms with Crippen molar-refractivity contribution in [2.24, 2.45) is 0 Å². The summed E-state index contributed by atoms with van der Waals surface area (Å²) in [7, 11) is -4.01. The molecule has 0 radical (unpaired) electrons. The number of hydrogen-bond donors (Lipinski definition) is 1. The lowest BCUT2D eigenvalue weighted by Gasteiger charge is -2.15. The van der Waals surface area contributed by atoms with Gasteiger partial charge in [0.25, 0.3) is 0 Å². The van der Waals surface area contributed by atoms with Crippen molar-refractivity contribution in [2.45, 2.75) is 39.7 Å². The summed E-state index contributed by atoms with van der Waals surface area (Å²) < 4.78 is 21.3. The summed E-state index contributed by atoms with van der Waals surface area (Å²) in [5.41, 5.74) is 1.15. The first kappa shape index (κ1) is 14.2. The van der Waals surface area contributed by atoms with Crippen LogP contribution in [-0.2, 0) is 9.09 Å². The molecular weight excluding hydrogens is 239 g/mol. The monoisotopic (exact) mass is 258 g/mol. The largest absolute Gasteiger partial charge is 0.527 e. The molecule has 4 nitrogen and oxygen atoms in total. The quantitative estimate of drug-likeness (QED) is 0.818. The van der Waals surface area contributed by atoms with Gasteiger partial charge in [0.15, 0.2) is 0 Å². The smallest absolute Gasteiger partial charge is 0.404 e. The van der Waals surface area contributed by atoms with Crippen molar-refractivity contribution in [1.29, 1.82) is 0 Å². The van der Waals surface area contributed by atoms with E-state index in [1.807, 2.05) is 12.1 Å². The van der Waals surface area contributed by atoms with E-state index in [1.165, 1.54) is 0 Å².